The van der Waals surface area contributed by atoms with Crippen molar-refractivity contribution < 1.29 is 43.2 Å². The lowest BCUT2D eigenvalue weighted by Gasteiger charge is -2.59. The van der Waals surface area contributed by atoms with Crippen LogP contribution in [0.15, 0.2) is 103 Å². The van der Waals surface area contributed by atoms with E-state index < -0.39 is 29.7 Å². The van der Waals surface area contributed by atoms with E-state index in [0.717, 1.165) is 48.2 Å². The average Bonchev–Trinajstić information content (AvgIpc) is 3.24. The second-order valence-electron chi connectivity index (χ2n) is 15.5. The van der Waals surface area contributed by atoms with Crippen molar-refractivity contribution in [3.63, 3.8) is 0 Å². The smallest absolute Gasteiger partial charge is 0.410 e. The van der Waals surface area contributed by atoms with Crippen LogP contribution in [-0.4, -0.2) is 77.3 Å². The Hall–Kier alpha value is -5.04. The molecule has 3 aromatic rings. The van der Waals surface area contributed by atoms with Gasteiger partial charge in [0.25, 0.3) is 0 Å². The van der Waals surface area contributed by atoms with E-state index in [1.807, 2.05) is 37.3 Å². The predicted molar refractivity (Wildman–Crippen MR) is 223 cm³/mol. The number of ether oxygens (including phenoxy) is 4. The van der Waals surface area contributed by atoms with E-state index in [9.17, 15) is 19.4 Å². The first-order valence-corrected chi connectivity index (χ1v) is 20.7. The second-order valence-corrected chi connectivity index (χ2v) is 15.5. The van der Waals surface area contributed by atoms with Crippen LogP contribution in [-0.2, 0) is 27.5 Å². The number of aliphatic hydroxyl groups excluding tert-OH is 2. The summed E-state index contributed by atoms with van der Waals surface area (Å²) >= 11 is 0. The minimum Gasteiger partial charge on any atom is -0.487 e. The minimum atomic E-state index is -1.49. The summed E-state index contributed by atoms with van der Waals surface area (Å²) in [5.74, 6) is -1.28. The maximum Gasteiger partial charge on any atom is 0.410 e. The fourth-order valence-corrected chi connectivity index (χ4v) is 9.09. The molecule has 1 saturated carbocycles. The van der Waals surface area contributed by atoms with Crippen molar-refractivity contribution in [1.29, 1.82) is 0 Å². The first-order chi connectivity index (χ1) is 28.8. The molecule has 3 aliphatic rings. The molecular formula is C47H58FN3O8. The number of oxime groups is 1. The molecule has 2 aromatic carbocycles. The van der Waals surface area contributed by atoms with Crippen molar-refractivity contribution in [2.24, 2.45) is 22.9 Å². The number of rotatable bonds is 21. The first-order valence-electron chi connectivity index (χ1n) is 20.7. The molecule has 6 atom stereocenters. The van der Waals surface area contributed by atoms with E-state index in [0.29, 0.717) is 42.0 Å². The van der Waals surface area contributed by atoms with Crippen LogP contribution in [0.25, 0.3) is 0 Å². The molecule has 6 unspecified atom stereocenters. The number of unbranched alkanes of at least 4 members (excludes halogenated alkanes) is 2. The lowest BCUT2D eigenvalue weighted by Crippen LogP contribution is -2.70. The summed E-state index contributed by atoms with van der Waals surface area (Å²) in [5, 5.41) is 24.4. The van der Waals surface area contributed by atoms with Gasteiger partial charge in [-0.15, -0.1) is 13.2 Å². The molecule has 2 heterocycles. The van der Waals surface area contributed by atoms with Gasteiger partial charge in [0.2, 0.25) is 5.79 Å². The van der Waals surface area contributed by atoms with Gasteiger partial charge in [-0.1, -0.05) is 54.4 Å². The number of amides is 1. The van der Waals surface area contributed by atoms with Crippen LogP contribution in [0.1, 0.15) is 79.8 Å². The lowest BCUT2D eigenvalue weighted by molar-refractivity contribution is -0.256. The average molecular weight is 812 g/mol. The summed E-state index contributed by atoms with van der Waals surface area (Å²) in [5.41, 5.74) is 4.89. The number of halogens is 1. The third-order valence-electron chi connectivity index (χ3n) is 11.6. The van der Waals surface area contributed by atoms with Crippen LogP contribution in [0.4, 0.5) is 9.18 Å². The van der Waals surface area contributed by atoms with Crippen LogP contribution < -0.4 is 9.47 Å². The number of hydrogen-bond donors (Lipinski definition) is 2. The highest BCUT2D eigenvalue weighted by molar-refractivity contribution is 6.03. The Morgan fingerprint density at radius 2 is 1.83 bits per heavy atom. The molecule has 2 aliphatic carbocycles. The molecule has 316 valence electrons. The summed E-state index contributed by atoms with van der Waals surface area (Å²) in [6, 6.07) is 16.9. The number of aliphatic hydroxyl groups is 2. The third kappa shape index (κ3) is 10.1. The number of benzene rings is 2. The fraction of sp³-hybridized carbons (Fsp3) is 0.468. The number of nitrogens with zero attached hydrogens (tertiary/aromatic N) is 3. The Labute approximate surface area is 347 Å². The maximum atomic E-state index is 14.4. The van der Waals surface area contributed by atoms with Crippen molar-refractivity contribution in [1.82, 2.24) is 9.88 Å². The molecule has 1 aromatic heterocycles. The van der Waals surface area contributed by atoms with Crippen molar-refractivity contribution in [3.8, 4) is 11.5 Å². The van der Waals surface area contributed by atoms with Gasteiger partial charge in [-0.05, 0) is 104 Å². The molecule has 0 radical (unpaired) electrons. The monoisotopic (exact) mass is 811 g/mol. The standard InChI is InChI=1S/C47H58FN3O8/c1-5-7-26-56-46(54)51(30-33-17-19-35(48)20-18-33)43-29-41(50-55-4)39-27-34(14-8-10-23-52)38(16-9-11-24-53)44-40-28-37(57-31-36-15-12-13-32(3)49-36)21-22-42(40)59-47(43,45(39)44)58-25-6-2/h5-6,12-13,15,17-22,27-28,34,38,43-45,52-53H,1-2,7-11,14,16,23-26,29-31H2,3-4H3. The van der Waals surface area contributed by atoms with Gasteiger partial charge in [-0.3, -0.25) is 9.88 Å². The van der Waals surface area contributed by atoms with Crippen LogP contribution in [0.2, 0.25) is 0 Å². The SMILES string of the molecule is C=CCCOC(=O)N(Cc1ccc(F)cc1)C1CC(=NOC)C2=CC(CCCCO)C(CCCCO)C3c4cc(OCc5cccc(C)n5)ccc4OC1(OCC=C)C23. The molecule has 0 spiro atoms. The van der Waals surface area contributed by atoms with E-state index in [1.54, 1.807) is 29.2 Å². The van der Waals surface area contributed by atoms with Crippen LogP contribution in [0, 0.1) is 30.5 Å². The Morgan fingerprint density at radius 3 is 2.54 bits per heavy atom. The normalized spacial score (nSPS) is 23.6. The van der Waals surface area contributed by atoms with Crippen LogP contribution >= 0.6 is 0 Å². The van der Waals surface area contributed by atoms with E-state index >= 15 is 0 Å². The van der Waals surface area contributed by atoms with E-state index in [-0.39, 0.29) is 63.8 Å². The van der Waals surface area contributed by atoms with Gasteiger partial charge in [0.05, 0.1) is 30.5 Å². The number of fused-ring (bicyclic) bond motifs is 2. The Bertz CT molecular complexity index is 1950. The molecule has 2 N–H and O–H groups in total. The summed E-state index contributed by atoms with van der Waals surface area (Å²) in [6.45, 7) is 10.5. The summed E-state index contributed by atoms with van der Waals surface area (Å²) in [4.78, 5) is 26.2. The van der Waals surface area contributed by atoms with E-state index in [1.165, 1.54) is 19.2 Å². The highest BCUT2D eigenvalue weighted by Gasteiger charge is 2.65. The predicted octanol–water partition coefficient (Wildman–Crippen LogP) is 8.59. The summed E-state index contributed by atoms with van der Waals surface area (Å²) in [7, 11) is 1.51. The first kappa shape index (κ1) is 43.5. The molecule has 12 heteroatoms. The Kier molecular flexibility index (Phi) is 15.3. The summed E-state index contributed by atoms with van der Waals surface area (Å²) in [6.07, 6.45) is 10.2. The van der Waals surface area contributed by atoms with Gasteiger partial charge >= 0.3 is 6.09 Å². The minimum absolute atomic E-state index is 0.0321. The number of pyridine rings is 1. The highest BCUT2D eigenvalue weighted by Crippen LogP contribution is 2.62. The van der Waals surface area contributed by atoms with Crippen LogP contribution in [0.5, 0.6) is 11.5 Å². The van der Waals surface area contributed by atoms with E-state index in [4.69, 9.17) is 23.8 Å². The molecule has 0 bridgehead atoms. The van der Waals surface area contributed by atoms with Gasteiger partial charge in [0.1, 0.15) is 37.1 Å². The zero-order chi connectivity index (χ0) is 41.8. The van der Waals surface area contributed by atoms with Gasteiger partial charge < -0.3 is 34.0 Å². The van der Waals surface area contributed by atoms with Crippen molar-refractivity contribution in [2.75, 3.05) is 33.5 Å². The largest absolute Gasteiger partial charge is 0.487 e. The molecule has 11 nitrogen and oxygen atoms in total. The van der Waals surface area contributed by atoms with Gasteiger partial charge in [0, 0.05) is 43.4 Å². The number of hydrogen-bond acceptors (Lipinski definition) is 10. The fourth-order valence-electron chi connectivity index (χ4n) is 9.09. The quantitative estimate of drug-likeness (QED) is 0.0617. The highest BCUT2D eigenvalue weighted by atomic mass is 19.1. The molecule has 0 saturated heterocycles. The van der Waals surface area contributed by atoms with E-state index in [2.05, 4.69) is 35.4 Å². The van der Waals surface area contributed by atoms with Gasteiger partial charge in [0.15, 0.2) is 0 Å². The zero-order valence-electron chi connectivity index (χ0n) is 34.3. The second kappa shape index (κ2) is 20.8. The number of allylic oxidation sites excluding steroid dienone is 1. The third-order valence-corrected chi connectivity index (χ3v) is 11.6. The van der Waals surface area contributed by atoms with Crippen molar-refractivity contribution in [2.45, 2.75) is 89.2 Å². The van der Waals surface area contributed by atoms with Crippen molar-refractivity contribution >= 4 is 11.8 Å². The van der Waals surface area contributed by atoms with Crippen LogP contribution in [0.3, 0.4) is 0 Å². The number of aromatic nitrogens is 1. The summed E-state index contributed by atoms with van der Waals surface area (Å²) < 4.78 is 40.8. The lowest BCUT2D eigenvalue weighted by atomic mass is 9.55. The molecule has 59 heavy (non-hydrogen) atoms. The molecule has 1 aliphatic heterocycles. The molecule has 6 rings (SSSR count). The Balaban J connectivity index is 1.56. The maximum absolute atomic E-state index is 14.4. The molecular weight excluding hydrogens is 754 g/mol. The zero-order valence-corrected chi connectivity index (χ0v) is 34.3. The number of aryl methyl sites for hydroxylation is 1. The van der Waals surface area contributed by atoms with Gasteiger partial charge in [-0.25, -0.2) is 9.18 Å². The molecule has 1 amide bonds. The topological polar surface area (TPSA) is 132 Å². The Morgan fingerprint density at radius 1 is 1.05 bits per heavy atom. The molecule has 1 fully saturated rings. The van der Waals surface area contributed by atoms with Gasteiger partial charge in [-0.2, -0.15) is 0 Å². The number of carbonyl (C=O) groups is 1. The van der Waals surface area contributed by atoms with Crippen molar-refractivity contribution in [3.05, 3.63) is 126 Å². The number of carbonyl (C=O) groups excluding carboxylic acids is 1.